The number of morpholine rings is 1. The van der Waals surface area contributed by atoms with E-state index in [0.717, 1.165) is 37.8 Å². The number of hydrogen-bond donors (Lipinski definition) is 1. The first kappa shape index (κ1) is 15.8. The molecule has 2 fully saturated rings. The molecule has 3 aliphatic rings. The van der Waals surface area contributed by atoms with Crippen LogP contribution in [-0.2, 0) is 17.6 Å². The lowest BCUT2D eigenvalue weighted by atomic mass is 10.1. The zero-order valence-electron chi connectivity index (χ0n) is 14.0. The molecule has 130 valence electrons. The average Bonchev–Trinajstić information content (AvgIpc) is 3.24. The number of carbonyl (C=O) groups excluding carboxylic acids is 1. The third-order valence-electron chi connectivity index (χ3n) is 5.59. The van der Waals surface area contributed by atoms with E-state index in [4.69, 9.17) is 9.47 Å². The second-order valence-corrected chi connectivity index (χ2v) is 7.00. The highest BCUT2D eigenvalue weighted by molar-refractivity contribution is 5.97. The van der Waals surface area contributed by atoms with Gasteiger partial charge in [0.2, 0.25) is 5.88 Å². The summed E-state index contributed by atoms with van der Waals surface area (Å²) in [5, 5.41) is 9.45. The van der Waals surface area contributed by atoms with Gasteiger partial charge in [-0.1, -0.05) is 0 Å². The van der Waals surface area contributed by atoms with E-state index in [-0.39, 0.29) is 30.6 Å². The Balaban J connectivity index is 1.63. The lowest BCUT2D eigenvalue weighted by molar-refractivity contribution is -0.0449. The van der Waals surface area contributed by atoms with Gasteiger partial charge >= 0.3 is 0 Å². The van der Waals surface area contributed by atoms with Gasteiger partial charge in [-0.3, -0.25) is 4.79 Å². The molecule has 3 atom stereocenters. The summed E-state index contributed by atoms with van der Waals surface area (Å²) >= 11 is 0. The number of carbonyl (C=O) groups is 1. The van der Waals surface area contributed by atoms with Crippen LogP contribution in [0.1, 0.15) is 40.9 Å². The van der Waals surface area contributed by atoms with Crippen molar-refractivity contribution in [3.05, 3.63) is 22.9 Å². The number of aromatic nitrogens is 1. The van der Waals surface area contributed by atoms with Crippen molar-refractivity contribution in [2.75, 3.05) is 26.9 Å². The van der Waals surface area contributed by atoms with Gasteiger partial charge in [-0.15, -0.1) is 0 Å². The van der Waals surface area contributed by atoms with E-state index >= 15 is 0 Å². The minimum Gasteiger partial charge on any atom is -0.480 e. The van der Waals surface area contributed by atoms with Crippen molar-refractivity contribution in [1.82, 2.24) is 9.88 Å². The normalized spacial score (nSPS) is 28.6. The highest BCUT2D eigenvalue weighted by Crippen LogP contribution is 2.36. The van der Waals surface area contributed by atoms with Crippen molar-refractivity contribution in [2.45, 2.75) is 44.2 Å². The van der Waals surface area contributed by atoms with Gasteiger partial charge in [0, 0.05) is 18.8 Å². The molecule has 2 heterocycles. The van der Waals surface area contributed by atoms with Crippen molar-refractivity contribution in [1.29, 1.82) is 0 Å². The van der Waals surface area contributed by atoms with Crippen molar-refractivity contribution >= 4 is 5.91 Å². The van der Waals surface area contributed by atoms with Crippen LogP contribution in [0, 0.1) is 5.92 Å². The second-order valence-electron chi connectivity index (χ2n) is 7.00. The zero-order valence-corrected chi connectivity index (χ0v) is 14.0. The van der Waals surface area contributed by atoms with Crippen LogP contribution in [0.15, 0.2) is 6.07 Å². The maximum absolute atomic E-state index is 13.2. The van der Waals surface area contributed by atoms with Crippen LogP contribution in [-0.4, -0.2) is 59.9 Å². The Kier molecular flexibility index (Phi) is 4.18. The third kappa shape index (κ3) is 2.58. The van der Waals surface area contributed by atoms with Crippen molar-refractivity contribution in [3.63, 3.8) is 0 Å². The molecule has 0 aromatic carbocycles. The zero-order chi connectivity index (χ0) is 16.7. The Labute approximate surface area is 141 Å². The molecule has 1 N–H and O–H groups in total. The number of amides is 1. The van der Waals surface area contributed by atoms with Gasteiger partial charge in [0.05, 0.1) is 25.9 Å². The molecule has 24 heavy (non-hydrogen) atoms. The number of aryl methyl sites for hydroxylation is 2. The van der Waals surface area contributed by atoms with Crippen LogP contribution in [0.25, 0.3) is 0 Å². The molecule has 0 bridgehead atoms. The Hall–Kier alpha value is -1.66. The molecule has 1 aromatic rings. The molecule has 1 aliphatic heterocycles. The number of fused-ring (bicyclic) bond motifs is 2. The third-order valence-corrected chi connectivity index (χ3v) is 5.59. The molecule has 1 saturated carbocycles. The molecule has 6 heteroatoms. The van der Waals surface area contributed by atoms with Crippen molar-refractivity contribution < 1.29 is 19.4 Å². The summed E-state index contributed by atoms with van der Waals surface area (Å²) in [6.45, 7) is 1.28. The number of hydrogen-bond acceptors (Lipinski definition) is 5. The van der Waals surface area contributed by atoms with E-state index < -0.39 is 0 Å². The van der Waals surface area contributed by atoms with E-state index in [1.807, 2.05) is 11.0 Å². The second kappa shape index (κ2) is 6.33. The number of rotatable bonds is 3. The van der Waals surface area contributed by atoms with Gasteiger partial charge in [0.15, 0.2) is 0 Å². The van der Waals surface area contributed by atoms with Crippen LogP contribution in [0.4, 0.5) is 0 Å². The molecule has 0 radical (unpaired) electrons. The van der Waals surface area contributed by atoms with Crippen LogP contribution >= 0.6 is 0 Å². The summed E-state index contributed by atoms with van der Waals surface area (Å²) in [5.41, 5.74) is 2.79. The van der Waals surface area contributed by atoms with Gasteiger partial charge in [-0.2, -0.15) is 0 Å². The first-order chi connectivity index (χ1) is 11.7. The summed E-state index contributed by atoms with van der Waals surface area (Å²) in [5.74, 6) is 0.625. The minimum absolute atomic E-state index is 0.0223. The van der Waals surface area contributed by atoms with Crippen LogP contribution in [0.2, 0.25) is 0 Å². The van der Waals surface area contributed by atoms with Crippen LogP contribution in [0.3, 0.4) is 0 Å². The summed E-state index contributed by atoms with van der Waals surface area (Å²) in [6, 6.07) is 2.01. The minimum atomic E-state index is -0.0223. The average molecular weight is 332 g/mol. The topological polar surface area (TPSA) is 71.9 Å². The molecule has 4 rings (SSSR count). The monoisotopic (exact) mass is 332 g/mol. The number of nitrogens with zero attached hydrogens (tertiary/aromatic N) is 2. The predicted molar refractivity (Wildman–Crippen MR) is 87.2 cm³/mol. The quantitative estimate of drug-likeness (QED) is 0.900. The highest BCUT2D eigenvalue weighted by Gasteiger charge is 2.43. The van der Waals surface area contributed by atoms with Crippen molar-refractivity contribution in [3.8, 4) is 5.88 Å². The summed E-state index contributed by atoms with van der Waals surface area (Å²) in [6.07, 6.45) is 4.68. The lowest BCUT2D eigenvalue weighted by Gasteiger charge is -2.37. The number of aliphatic hydroxyl groups is 1. The Bertz CT molecular complexity index is 648. The molecule has 1 amide bonds. The SMILES string of the molecule is COc1nc2c(cc1C(=O)N1CCOC3C[C@H](CO)C[C@@H]31)CCC2. The van der Waals surface area contributed by atoms with Gasteiger partial charge < -0.3 is 19.5 Å². The molecule has 0 spiro atoms. The molecule has 6 nitrogen and oxygen atoms in total. The summed E-state index contributed by atoms with van der Waals surface area (Å²) in [4.78, 5) is 19.7. The van der Waals surface area contributed by atoms with Gasteiger partial charge in [0.1, 0.15) is 5.56 Å². The number of aliphatic hydroxyl groups excluding tert-OH is 1. The van der Waals surface area contributed by atoms with Crippen molar-refractivity contribution in [2.24, 2.45) is 5.92 Å². The fraction of sp³-hybridized carbons (Fsp3) is 0.667. The van der Waals surface area contributed by atoms with E-state index in [0.29, 0.717) is 24.6 Å². The fourth-order valence-electron chi connectivity index (χ4n) is 4.37. The van der Waals surface area contributed by atoms with Gasteiger partial charge in [-0.05, 0) is 49.7 Å². The Morgan fingerprint density at radius 1 is 1.46 bits per heavy atom. The highest BCUT2D eigenvalue weighted by atomic mass is 16.5. The van der Waals surface area contributed by atoms with E-state index in [2.05, 4.69) is 4.98 Å². The van der Waals surface area contributed by atoms with Crippen LogP contribution < -0.4 is 4.74 Å². The maximum Gasteiger partial charge on any atom is 0.259 e. The fourth-order valence-corrected chi connectivity index (χ4v) is 4.37. The van der Waals surface area contributed by atoms with E-state index in [1.165, 1.54) is 5.56 Å². The summed E-state index contributed by atoms with van der Waals surface area (Å²) < 4.78 is 11.2. The molecular formula is C18H24N2O4. The molecular weight excluding hydrogens is 308 g/mol. The smallest absolute Gasteiger partial charge is 0.259 e. The maximum atomic E-state index is 13.2. The first-order valence-electron chi connectivity index (χ1n) is 8.81. The summed E-state index contributed by atoms with van der Waals surface area (Å²) in [7, 11) is 1.57. The van der Waals surface area contributed by atoms with Gasteiger partial charge in [-0.25, -0.2) is 4.98 Å². The lowest BCUT2D eigenvalue weighted by Crippen LogP contribution is -2.51. The number of methoxy groups -OCH3 is 1. The predicted octanol–water partition coefficient (Wildman–Crippen LogP) is 1.19. The standard InChI is InChI=1S/C18H24N2O4/c1-23-17-13(9-12-3-2-4-14(12)19-17)18(22)20-5-6-24-16-8-11(10-21)7-15(16)20/h9,11,15-16,21H,2-8,10H2,1H3/t11-,15+,16?/m1/s1. The molecule has 2 aliphatic carbocycles. The molecule has 1 saturated heterocycles. The Morgan fingerprint density at radius 2 is 2.33 bits per heavy atom. The largest absolute Gasteiger partial charge is 0.480 e. The van der Waals surface area contributed by atoms with Crippen LogP contribution in [0.5, 0.6) is 5.88 Å². The first-order valence-corrected chi connectivity index (χ1v) is 8.81. The number of pyridine rings is 1. The molecule has 1 unspecified atom stereocenters. The Morgan fingerprint density at radius 3 is 3.12 bits per heavy atom. The molecule has 1 aromatic heterocycles. The van der Waals surface area contributed by atoms with Gasteiger partial charge in [0.25, 0.3) is 5.91 Å². The number of ether oxygens (including phenoxy) is 2. The van der Waals surface area contributed by atoms with E-state index in [1.54, 1.807) is 7.11 Å². The van der Waals surface area contributed by atoms with E-state index in [9.17, 15) is 9.90 Å².